The fourth-order valence-corrected chi connectivity index (χ4v) is 7.71. The zero-order valence-corrected chi connectivity index (χ0v) is 23.7. The Kier molecular flexibility index (Phi) is 7.35. The molecule has 1 N–H and O–H groups in total. The van der Waals surface area contributed by atoms with Crippen molar-refractivity contribution in [3.63, 3.8) is 0 Å². The highest BCUT2D eigenvalue weighted by Gasteiger charge is 2.37. The molecule has 2 aliphatic heterocycles. The van der Waals surface area contributed by atoms with Crippen molar-refractivity contribution >= 4 is 33.2 Å². The van der Waals surface area contributed by atoms with Crippen LogP contribution in [0.25, 0.3) is 0 Å². The number of sulfonamides is 1. The van der Waals surface area contributed by atoms with E-state index >= 15 is 0 Å². The second-order valence-electron chi connectivity index (χ2n) is 10.6. The van der Waals surface area contributed by atoms with Crippen molar-refractivity contribution in [3.8, 4) is 0 Å². The summed E-state index contributed by atoms with van der Waals surface area (Å²) in [6, 6.07) is 13.7. The number of aromatic nitrogens is 2. The summed E-state index contributed by atoms with van der Waals surface area (Å²) in [6.45, 7) is 8.28. The van der Waals surface area contributed by atoms with Crippen LogP contribution in [0.3, 0.4) is 0 Å². The van der Waals surface area contributed by atoms with Crippen LogP contribution in [-0.2, 0) is 32.6 Å². The number of carbonyl (C=O) groups is 2. The maximum absolute atomic E-state index is 13.8. The van der Waals surface area contributed by atoms with Gasteiger partial charge in [0, 0.05) is 31.0 Å². The first-order valence-corrected chi connectivity index (χ1v) is 14.8. The molecule has 1 aromatic heterocycles. The number of para-hydroxylation sites is 1. The van der Waals surface area contributed by atoms with Crippen LogP contribution in [-0.4, -0.2) is 54.0 Å². The first kappa shape index (κ1) is 27.1. The van der Waals surface area contributed by atoms with Gasteiger partial charge in [-0.25, -0.2) is 8.42 Å². The zero-order valence-electron chi connectivity index (χ0n) is 22.9. The van der Waals surface area contributed by atoms with Gasteiger partial charge >= 0.3 is 0 Å². The minimum absolute atomic E-state index is 0.0442. The monoisotopic (exact) mass is 549 g/mol. The Hall–Kier alpha value is -3.50. The number of nitrogens with one attached hydrogen (secondary N) is 1. The summed E-state index contributed by atoms with van der Waals surface area (Å²) < 4.78 is 30.5. The highest BCUT2D eigenvalue weighted by molar-refractivity contribution is 7.89. The highest BCUT2D eigenvalue weighted by Crippen LogP contribution is 2.30. The molecule has 3 heterocycles. The van der Waals surface area contributed by atoms with Gasteiger partial charge in [-0.3, -0.25) is 14.3 Å². The highest BCUT2D eigenvalue weighted by atomic mass is 32.2. The molecule has 2 aliphatic rings. The molecule has 1 fully saturated rings. The molecule has 0 radical (unpaired) electrons. The number of nitrogens with zero attached hydrogens (tertiary/aromatic N) is 4. The van der Waals surface area contributed by atoms with E-state index in [0.717, 1.165) is 34.5 Å². The second kappa shape index (κ2) is 10.6. The molecule has 9 nitrogen and oxygen atoms in total. The van der Waals surface area contributed by atoms with E-state index in [-0.39, 0.29) is 29.8 Å². The molecular weight excluding hydrogens is 514 g/mol. The number of fused-ring (bicyclic) bond motifs is 1. The quantitative estimate of drug-likeness (QED) is 0.504. The van der Waals surface area contributed by atoms with Crippen LogP contribution >= 0.6 is 0 Å². The van der Waals surface area contributed by atoms with Gasteiger partial charge in [0.25, 0.3) is 0 Å². The van der Waals surface area contributed by atoms with E-state index in [1.54, 1.807) is 18.7 Å². The zero-order chi connectivity index (χ0) is 27.9. The van der Waals surface area contributed by atoms with Crippen LogP contribution in [0.5, 0.6) is 0 Å². The number of amides is 2. The summed E-state index contributed by atoms with van der Waals surface area (Å²) in [6.07, 6.45) is 2.00. The summed E-state index contributed by atoms with van der Waals surface area (Å²) in [5, 5.41) is 7.42. The number of piperidine rings is 1. The number of carbonyl (C=O) groups excluding carboxylic acids is 2. The van der Waals surface area contributed by atoms with Crippen molar-refractivity contribution in [2.24, 2.45) is 5.92 Å². The first-order valence-electron chi connectivity index (χ1n) is 13.4. The Balaban J connectivity index is 1.31. The van der Waals surface area contributed by atoms with E-state index in [1.807, 2.05) is 56.3 Å². The molecule has 0 bridgehead atoms. The third-order valence-corrected chi connectivity index (χ3v) is 9.75. The van der Waals surface area contributed by atoms with E-state index in [4.69, 9.17) is 0 Å². The molecule has 1 unspecified atom stereocenters. The van der Waals surface area contributed by atoms with Crippen LogP contribution in [0, 0.1) is 33.6 Å². The largest absolute Gasteiger partial charge is 0.326 e. The summed E-state index contributed by atoms with van der Waals surface area (Å²) in [5.41, 5.74) is 5.62. The molecule has 5 rings (SSSR count). The first-order chi connectivity index (χ1) is 18.5. The number of anilines is 2. The lowest BCUT2D eigenvalue weighted by molar-refractivity contribution is -0.121. The van der Waals surface area contributed by atoms with Crippen molar-refractivity contribution in [2.75, 3.05) is 29.9 Å². The maximum Gasteiger partial charge on any atom is 0.248 e. The van der Waals surface area contributed by atoms with E-state index < -0.39 is 15.9 Å². The molecule has 206 valence electrons. The van der Waals surface area contributed by atoms with Crippen molar-refractivity contribution in [3.05, 3.63) is 70.5 Å². The smallest absolute Gasteiger partial charge is 0.248 e. The Morgan fingerprint density at radius 2 is 1.74 bits per heavy atom. The Morgan fingerprint density at radius 1 is 1.03 bits per heavy atom. The summed E-state index contributed by atoms with van der Waals surface area (Å²) in [5.74, 6) is -0.766. The average molecular weight is 550 g/mol. The van der Waals surface area contributed by atoms with Gasteiger partial charge in [-0.1, -0.05) is 24.3 Å². The van der Waals surface area contributed by atoms with Gasteiger partial charge < -0.3 is 10.2 Å². The average Bonchev–Trinajstić information content (AvgIpc) is 3.44. The van der Waals surface area contributed by atoms with Crippen molar-refractivity contribution in [2.45, 2.75) is 58.4 Å². The third-order valence-electron chi connectivity index (χ3n) is 7.63. The van der Waals surface area contributed by atoms with Gasteiger partial charge in [-0.05, 0) is 81.8 Å². The number of aryl methyl sites for hydroxylation is 3. The van der Waals surface area contributed by atoms with Crippen LogP contribution in [0.2, 0.25) is 0 Å². The molecule has 1 saturated heterocycles. The minimum Gasteiger partial charge on any atom is -0.326 e. The van der Waals surface area contributed by atoms with Gasteiger partial charge in [0.05, 0.1) is 17.3 Å². The van der Waals surface area contributed by atoms with Gasteiger partial charge in [-0.2, -0.15) is 9.40 Å². The van der Waals surface area contributed by atoms with Crippen molar-refractivity contribution in [1.29, 1.82) is 0 Å². The van der Waals surface area contributed by atoms with E-state index in [0.29, 0.717) is 37.3 Å². The maximum atomic E-state index is 13.8. The number of hydrogen-bond acceptors (Lipinski definition) is 5. The molecular formula is C29H35N5O4S. The van der Waals surface area contributed by atoms with Gasteiger partial charge in [0.2, 0.25) is 21.8 Å². The fourth-order valence-electron chi connectivity index (χ4n) is 5.81. The summed E-state index contributed by atoms with van der Waals surface area (Å²) >= 11 is 0. The minimum atomic E-state index is -3.91. The number of rotatable bonds is 6. The van der Waals surface area contributed by atoms with Crippen LogP contribution in [0.15, 0.2) is 47.4 Å². The summed E-state index contributed by atoms with van der Waals surface area (Å²) in [7, 11) is -3.91. The van der Waals surface area contributed by atoms with Crippen LogP contribution in [0.4, 0.5) is 11.4 Å². The van der Waals surface area contributed by atoms with Crippen molar-refractivity contribution < 1.29 is 18.0 Å². The third kappa shape index (κ3) is 5.35. The molecule has 2 amide bonds. The van der Waals surface area contributed by atoms with Gasteiger partial charge in [0.15, 0.2) is 0 Å². The SMILES string of the molecule is Cc1cc(C)cc(NC(=O)C2CCCN(S(=O)(=O)c3c(C)nn(CC(=O)N4CCc5ccccc54)c3C)C2)c1. The van der Waals surface area contributed by atoms with Gasteiger partial charge in [-0.15, -0.1) is 0 Å². The Bertz CT molecular complexity index is 1520. The van der Waals surface area contributed by atoms with Gasteiger partial charge in [0.1, 0.15) is 11.4 Å². The lowest BCUT2D eigenvalue weighted by atomic mass is 9.98. The van der Waals surface area contributed by atoms with E-state index in [9.17, 15) is 18.0 Å². The number of benzene rings is 2. The van der Waals surface area contributed by atoms with E-state index in [1.165, 1.54) is 8.99 Å². The topological polar surface area (TPSA) is 105 Å². The summed E-state index contributed by atoms with van der Waals surface area (Å²) in [4.78, 5) is 28.1. The van der Waals surface area contributed by atoms with E-state index in [2.05, 4.69) is 10.4 Å². The van der Waals surface area contributed by atoms with Crippen LogP contribution in [0.1, 0.15) is 40.9 Å². The molecule has 2 aromatic carbocycles. The standard InChI is InChI=1S/C29H35N5O4S/c1-19-14-20(2)16-25(15-19)30-29(36)24-9-7-12-32(17-24)39(37,38)28-21(3)31-34(22(28)4)18-27(35)33-13-11-23-8-5-6-10-26(23)33/h5-6,8,10,14-16,24H,7,9,11-13,17-18H2,1-4H3,(H,30,36). The van der Waals surface area contributed by atoms with Crippen molar-refractivity contribution in [1.82, 2.24) is 14.1 Å². The molecule has 1 atom stereocenters. The second-order valence-corrected chi connectivity index (χ2v) is 12.5. The molecule has 39 heavy (non-hydrogen) atoms. The number of hydrogen-bond donors (Lipinski definition) is 1. The predicted molar refractivity (Wildman–Crippen MR) is 150 cm³/mol. The molecule has 3 aromatic rings. The Morgan fingerprint density at radius 3 is 2.49 bits per heavy atom. The lowest BCUT2D eigenvalue weighted by Gasteiger charge is -2.31. The molecule has 10 heteroatoms. The lowest BCUT2D eigenvalue weighted by Crippen LogP contribution is -2.44. The molecule has 0 spiro atoms. The normalized spacial score (nSPS) is 17.7. The molecule has 0 aliphatic carbocycles. The predicted octanol–water partition coefficient (Wildman–Crippen LogP) is 3.75. The molecule has 0 saturated carbocycles. The Labute approximate surface area is 229 Å². The van der Waals surface area contributed by atoms with Crippen LogP contribution < -0.4 is 10.2 Å². The fraction of sp³-hybridized carbons (Fsp3) is 0.414.